The van der Waals surface area contributed by atoms with E-state index in [9.17, 15) is 5.11 Å². The van der Waals surface area contributed by atoms with Gasteiger partial charge >= 0.3 is 0 Å². The predicted molar refractivity (Wildman–Crippen MR) is 149 cm³/mol. The van der Waals surface area contributed by atoms with E-state index in [2.05, 4.69) is 47.0 Å². The molecular formula is C30H33N3O3S. The topological polar surface area (TPSA) is 89.4 Å². The summed E-state index contributed by atoms with van der Waals surface area (Å²) in [5.41, 5.74) is 10.9. The van der Waals surface area contributed by atoms with Gasteiger partial charge in [-0.25, -0.2) is 9.98 Å². The van der Waals surface area contributed by atoms with Crippen molar-refractivity contribution in [2.75, 3.05) is 6.79 Å². The second-order valence-electron chi connectivity index (χ2n) is 11.1. The van der Waals surface area contributed by atoms with Gasteiger partial charge in [0, 0.05) is 17.0 Å². The number of rotatable bonds is 2. The van der Waals surface area contributed by atoms with Gasteiger partial charge < -0.3 is 20.3 Å². The molecule has 5 aliphatic rings. The molecule has 0 amide bonds. The standard InChI is InChI=1S/C30H33N3O3S/c1-3-11-30(34)12-10-24-22-7-4-18-13-20(32-16-33-28(31)37)6-8-21(18)27(22)23(15-29(24,30)2)19-5-9-25-26(14-19)36-17-35-25/h5,9,13-14,16,22-24,34H,4,6-8,10,12,15,17H2,1-2H3,(H2,31,37)/b32-20+,33-16+/t22-,23+,24-,29-,30-/m0/s1. The van der Waals surface area contributed by atoms with E-state index < -0.39 is 5.60 Å². The number of benzene rings is 1. The zero-order valence-electron chi connectivity index (χ0n) is 21.4. The van der Waals surface area contributed by atoms with Crippen LogP contribution in [0, 0.1) is 29.1 Å². The molecule has 2 saturated carbocycles. The third-order valence-corrected chi connectivity index (χ3v) is 9.55. The maximum absolute atomic E-state index is 11.9. The molecule has 4 aliphatic carbocycles. The Hall–Kier alpha value is -2.95. The lowest BCUT2D eigenvalue weighted by Crippen LogP contribution is -2.51. The van der Waals surface area contributed by atoms with Crippen molar-refractivity contribution in [1.29, 1.82) is 0 Å². The summed E-state index contributed by atoms with van der Waals surface area (Å²) in [4.78, 5) is 8.46. The van der Waals surface area contributed by atoms with Crippen LogP contribution in [0.3, 0.4) is 0 Å². The number of fused-ring (bicyclic) bond motifs is 5. The first-order chi connectivity index (χ1) is 17.8. The largest absolute Gasteiger partial charge is 0.454 e. The fourth-order valence-electron chi connectivity index (χ4n) is 7.78. The number of thiocarbonyl (C=S) groups is 1. The van der Waals surface area contributed by atoms with E-state index in [4.69, 9.17) is 27.4 Å². The second-order valence-corrected chi connectivity index (χ2v) is 11.5. The molecule has 0 unspecified atom stereocenters. The number of nitrogens with two attached hydrogens (primary N) is 1. The fraction of sp³-hybridized carbons (Fsp3) is 0.500. The van der Waals surface area contributed by atoms with Crippen LogP contribution in [-0.2, 0) is 0 Å². The molecule has 1 heterocycles. The van der Waals surface area contributed by atoms with Crippen molar-refractivity contribution >= 4 is 29.4 Å². The van der Waals surface area contributed by atoms with Crippen molar-refractivity contribution in [3.05, 3.63) is 46.6 Å². The van der Waals surface area contributed by atoms with E-state index >= 15 is 0 Å². The van der Waals surface area contributed by atoms with Gasteiger partial charge in [0.1, 0.15) is 11.9 Å². The SMILES string of the molecule is CC#C[C@]1(O)CC[C@H]2[C@@H]3CCC4=C/C(=N/C=N/C(N)=S)CCC4=C3[C@@H](c3ccc4c(c3)OCO4)C[C@@]21C. The lowest BCUT2D eigenvalue weighted by molar-refractivity contribution is -0.0513. The van der Waals surface area contributed by atoms with Crippen molar-refractivity contribution in [1.82, 2.24) is 0 Å². The van der Waals surface area contributed by atoms with Crippen LogP contribution in [0.25, 0.3) is 0 Å². The van der Waals surface area contributed by atoms with Crippen molar-refractivity contribution in [2.24, 2.45) is 33.0 Å². The Morgan fingerprint density at radius 2 is 2.05 bits per heavy atom. The van der Waals surface area contributed by atoms with Gasteiger partial charge in [0.05, 0.1) is 0 Å². The third-order valence-electron chi connectivity index (χ3n) is 9.44. The van der Waals surface area contributed by atoms with Gasteiger partial charge in [-0.1, -0.05) is 24.5 Å². The van der Waals surface area contributed by atoms with Crippen LogP contribution in [0.15, 0.2) is 51.0 Å². The number of nitrogens with zero attached hydrogens (tertiary/aromatic N) is 2. The predicted octanol–water partition coefficient (Wildman–Crippen LogP) is 5.21. The molecule has 1 aliphatic heterocycles. The highest BCUT2D eigenvalue weighted by atomic mass is 32.1. The smallest absolute Gasteiger partial charge is 0.231 e. The zero-order chi connectivity index (χ0) is 25.8. The van der Waals surface area contributed by atoms with Crippen molar-refractivity contribution in [3.8, 4) is 23.3 Å². The highest BCUT2D eigenvalue weighted by molar-refractivity contribution is 7.80. The van der Waals surface area contributed by atoms with E-state index in [0.29, 0.717) is 11.8 Å². The molecular weight excluding hydrogens is 482 g/mol. The molecule has 1 aromatic rings. The van der Waals surface area contributed by atoms with Gasteiger partial charge in [-0.3, -0.25) is 0 Å². The summed E-state index contributed by atoms with van der Waals surface area (Å²) in [6.45, 7) is 4.39. The molecule has 0 saturated heterocycles. The number of ether oxygens (including phenoxy) is 2. The molecule has 3 N–H and O–H groups in total. The molecule has 192 valence electrons. The number of allylic oxidation sites excluding steroid dienone is 4. The Morgan fingerprint density at radius 1 is 1.22 bits per heavy atom. The molecule has 0 spiro atoms. The second kappa shape index (κ2) is 9.11. The van der Waals surface area contributed by atoms with Gasteiger partial charge in [0.25, 0.3) is 0 Å². The highest BCUT2D eigenvalue weighted by Gasteiger charge is 2.62. The summed E-state index contributed by atoms with van der Waals surface area (Å²) in [6.07, 6.45) is 10.2. The number of hydrogen-bond donors (Lipinski definition) is 2. The maximum Gasteiger partial charge on any atom is 0.231 e. The minimum Gasteiger partial charge on any atom is -0.454 e. The number of aliphatic hydroxyl groups is 1. The molecule has 6 rings (SSSR count). The minimum absolute atomic E-state index is 0.0947. The Balaban J connectivity index is 1.47. The molecule has 2 fully saturated rings. The van der Waals surface area contributed by atoms with E-state index in [-0.39, 0.29) is 23.2 Å². The van der Waals surface area contributed by atoms with E-state index in [0.717, 1.165) is 62.2 Å². The van der Waals surface area contributed by atoms with Crippen LogP contribution in [0.4, 0.5) is 0 Å². The van der Waals surface area contributed by atoms with Gasteiger partial charge in [0.2, 0.25) is 6.79 Å². The van der Waals surface area contributed by atoms with Crippen LogP contribution < -0.4 is 15.2 Å². The fourth-order valence-corrected chi connectivity index (χ4v) is 7.83. The Bertz CT molecular complexity index is 1350. The maximum atomic E-state index is 11.9. The summed E-state index contributed by atoms with van der Waals surface area (Å²) in [5.74, 6) is 8.94. The molecule has 6 nitrogen and oxygen atoms in total. The van der Waals surface area contributed by atoms with E-state index in [1.807, 2.05) is 13.0 Å². The first-order valence-corrected chi connectivity index (χ1v) is 13.6. The molecule has 37 heavy (non-hydrogen) atoms. The summed E-state index contributed by atoms with van der Waals surface area (Å²) in [6, 6.07) is 6.37. The van der Waals surface area contributed by atoms with Crippen LogP contribution in [0.1, 0.15) is 70.3 Å². The minimum atomic E-state index is -0.956. The van der Waals surface area contributed by atoms with Crippen molar-refractivity contribution in [2.45, 2.75) is 70.3 Å². The van der Waals surface area contributed by atoms with Gasteiger partial charge in [-0.15, -0.1) is 5.92 Å². The number of aliphatic imine (C=N–C) groups is 2. The Labute approximate surface area is 223 Å². The van der Waals surface area contributed by atoms with Crippen LogP contribution >= 0.6 is 12.2 Å². The molecule has 1 aromatic carbocycles. The van der Waals surface area contributed by atoms with Gasteiger partial charge in [-0.2, -0.15) is 0 Å². The molecule has 0 aromatic heterocycles. The average molecular weight is 516 g/mol. The molecule has 7 heteroatoms. The molecule has 0 bridgehead atoms. The van der Waals surface area contributed by atoms with E-state index in [1.54, 1.807) is 5.57 Å². The molecule has 5 atom stereocenters. The van der Waals surface area contributed by atoms with Crippen LogP contribution in [0.5, 0.6) is 11.5 Å². The zero-order valence-corrected chi connectivity index (χ0v) is 22.2. The molecule has 0 radical (unpaired) electrons. The normalized spacial score (nSPS) is 34.9. The van der Waals surface area contributed by atoms with Crippen LogP contribution in [0.2, 0.25) is 0 Å². The lowest BCUT2D eigenvalue weighted by Gasteiger charge is -2.53. The Morgan fingerprint density at radius 3 is 2.86 bits per heavy atom. The van der Waals surface area contributed by atoms with E-state index in [1.165, 1.54) is 23.0 Å². The van der Waals surface area contributed by atoms with Gasteiger partial charge in [-0.05, 0) is 111 Å². The average Bonchev–Trinajstić information content (AvgIpc) is 3.45. The van der Waals surface area contributed by atoms with Crippen LogP contribution in [-0.4, -0.2) is 34.7 Å². The summed E-state index contributed by atoms with van der Waals surface area (Å²) in [7, 11) is 0. The monoisotopic (exact) mass is 515 g/mol. The summed E-state index contributed by atoms with van der Waals surface area (Å²) >= 11 is 4.83. The highest BCUT2D eigenvalue weighted by Crippen LogP contribution is 2.66. The third kappa shape index (κ3) is 3.93. The van der Waals surface area contributed by atoms with Gasteiger partial charge in [0.15, 0.2) is 16.6 Å². The first-order valence-electron chi connectivity index (χ1n) is 13.2. The first kappa shape index (κ1) is 24.4. The summed E-state index contributed by atoms with van der Waals surface area (Å²) in [5, 5.41) is 11.9. The van der Waals surface area contributed by atoms with Crippen molar-refractivity contribution < 1.29 is 14.6 Å². The lowest BCUT2D eigenvalue weighted by atomic mass is 9.51. The Kier molecular flexibility index (Phi) is 6.00. The van der Waals surface area contributed by atoms with Crippen molar-refractivity contribution in [3.63, 3.8) is 0 Å². The summed E-state index contributed by atoms with van der Waals surface area (Å²) < 4.78 is 11.4. The quantitative estimate of drug-likeness (QED) is 0.244. The number of hydrogen-bond acceptors (Lipinski definition) is 4.